The molecular formula is C16H17NO4S. The summed E-state index contributed by atoms with van der Waals surface area (Å²) in [5.74, 6) is -0.616. The van der Waals surface area contributed by atoms with Gasteiger partial charge in [0.15, 0.2) is 5.78 Å². The maximum Gasteiger partial charge on any atom is 0.266 e. The van der Waals surface area contributed by atoms with Crippen LogP contribution in [-0.4, -0.2) is 30.5 Å². The smallest absolute Gasteiger partial charge is 0.266 e. The van der Waals surface area contributed by atoms with Crippen molar-refractivity contribution in [3.8, 4) is 0 Å². The van der Waals surface area contributed by atoms with Gasteiger partial charge in [-0.1, -0.05) is 48.5 Å². The molecule has 0 aliphatic rings. The molecule has 5 nitrogen and oxygen atoms in total. The molecule has 0 aliphatic carbocycles. The minimum absolute atomic E-state index is 0.106. The lowest BCUT2D eigenvalue weighted by atomic mass is 9.99. The number of nitrogens with two attached hydrogens (primary N) is 1. The molecule has 22 heavy (non-hydrogen) atoms. The minimum atomic E-state index is -4.10. The molecule has 1 atom stereocenters. The lowest BCUT2D eigenvalue weighted by Gasteiger charge is -2.10. The molecule has 0 unspecified atom stereocenters. The van der Waals surface area contributed by atoms with E-state index in [2.05, 4.69) is 0 Å². The topological polar surface area (TPSA) is 97.5 Å². The largest absolute Gasteiger partial charge is 0.326 e. The Balaban J connectivity index is 2.15. The van der Waals surface area contributed by atoms with Crippen molar-refractivity contribution in [1.29, 1.82) is 0 Å². The van der Waals surface area contributed by atoms with Gasteiger partial charge in [0, 0.05) is 17.2 Å². The van der Waals surface area contributed by atoms with Crippen LogP contribution in [0.3, 0.4) is 0 Å². The fourth-order valence-electron chi connectivity index (χ4n) is 2.23. The number of rotatable bonds is 6. The Kier molecular flexibility index (Phi) is 5.07. The molecule has 2 aromatic rings. The van der Waals surface area contributed by atoms with E-state index >= 15 is 0 Å². The third kappa shape index (κ3) is 4.77. The normalized spacial score (nSPS) is 12.8. The van der Waals surface area contributed by atoms with Crippen molar-refractivity contribution in [1.82, 2.24) is 0 Å². The molecule has 0 aliphatic heterocycles. The Morgan fingerprint density at radius 1 is 1.05 bits per heavy atom. The zero-order chi connectivity index (χ0) is 16.2. The molecule has 0 spiro atoms. The zero-order valence-electron chi connectivity index (χ0n) is 11.8. The molecule has 0 aromatic heterocycles. The SMILES string of the molecule is N[C@@H](Cc1cccc(C(=O)c2ccccc2)c1)CS(=O)(=O)O. The molecule has 0 heterocycles. The van der Waals surface area contributed by atoms with Gasteiger partial charge in [-0.15, -0.1) is 0 Å². The number of hydrogen-bond donors (Lipinski definition) is 2. The van der Waals surface area contributed by atoms with Crippen molar-refractivity contribution in [2.75, 3.05) is 5.75 Å². The van der Waals surface area contributed by atoms with Gasteiger partial charge in [0.25, 0.3) is 10.1 Å². The first kappa shape index (κ1) is 16.4. The van der Waals surface area contributed by atoms with Crippen LogP contribution in [0.2, 0.25) is 0 Å². The second-order valence-corrected chi connectivity index (χ2v) is 6.61. The van der Waals surface area contributed by atoms with Gasteiger partial charge < -0.3 is 5.73 Å². The van der Waals surface area contributed by atoms with Crippen LogP contribution in [-0.2, 0) is 16.5 Å². The van der Waals surface area contributed by atoms with Crippen LogP contribution in [0.25, 0.3) is 0 Å². The van der Waals surface area contributed by atoms with Crippen LogP contribution in [0.1, 0.15) is 21.5 Å². The van der Waals surface area contributed by atoms with Crippen molar-refractivity contribution in [3.05, 3.63) is 71.3 Å². The fourth-order valence-corrected chi connectivity index (χ4v) is 2.89. The summed E-state index contributed by atoms with van der Waals surface area (Å²) in [5.41, 5.74) is 7.55. The highest BCUT2D eigenvalue weighted by atomic mass is 32.2. The second-order valence-electron chi connectivity index (χ2n) is 5.11. The third-order valence-electron chi connectivity index (χ3n) is 3.15. The average Bonchev–Trinajstić information content (AvgIpc) is 2.45. The summed E-state index contributed by atoms with van der Waals surface area (Å²) < 4.78 is 30.4. The Morgan fingerprint density at radius 3 is 2.32 bits per heavy atom. The fraction of sp³-hybridized carbons (Fsp3) is 0.188. The van der Waals surface area contributed by atoms with Gasteiger partial charge >= 0.3 is 0 Å². The van der Waals surface area contributed by atoms with Crippen LogP contribution in [0.15, 0.2) is 54.6 Å². The molecular weight excluding hydrogens is 302 g/mol. The van der Waals surface area contributed by atoms with Gasteiger partial charge in [-0.3, -0.25) is 9.35 Å². The second kappa shape index (κ2) is 6.83. The van der Waals surface area contributed by atoms with E-state index < -0.39 is 21.9 Å². The minimum Gasteiger partial charge on any atom is -0.326 e. The summed E-state index contributed by atoms with van der Waals surface area (Å²) in [6, 6.07) is 15.1. The van der Waals surface area contributed by atoms with Gasteiger partial charge in [0.05, 0.1) is 5.75 Å². The Bertz CT molecular complexity index is 757. The molecule has 0 saturated carbocycles. The van der Waals surface area contributed by atoms with E-state index in [4.69, 9.17) is 10.3 Å². The first-order valence-electron chi connectivity index (χ1n) is 6.74. The van der Waals surface area contributed by atoms with Crippen LogP contribution < -0.4 is 5.73 Å². The van der Waals surface area contributed by atoms with E-state index in [1.807, 2.05) is 6.07 Å². The van der Waals surface area contributed by atoms with Gasteiger partial charge in [0.1, 0.15) is 0 Å². The summed E-state index contributed by atoms with van der Waals surface area (Å²) in [6.45, 7) is 0. The van der Waals surface area contributed by atoms with Crippen LogP contribution in [0, 0.1) is 0 Å². The zero-order valence-corrected chi connectivity index (χ0v) is 12.7. The van der Waals surface area contributed by atoms with Gasteiger partial charge in [-0.2, -0.15) is 8.42 Å². The predicted octanol–water partition coefficient (Wildman–Crippen LogP) is 1.68. The molecule has 3 N–H and O–H groups in total. The molecule has 0 fully saturated rings. The van der Waals surface area contributed by atoms with Crippen molar-refractivity contribution in [2.45, 2.75) is 12.5 Å². The molecule has 116 valence electrons. The average molecular weight is 319 g/mol. The van der Waals surface area contributed by atoms with Crippen molar-refractivity contribution in [2.24, 2.45) is 5.73 Å². The van der Waals surface area contributed by atoms with Crippen molar-refractivity contribution < 1.29 is 17.8 Å². The van der Waals surface area contributed by atoms with E-state index in [1.54, 1.807) is 48.5 Å². The van der Waals surface area contributed by atoms with E-state index in [9.17, 15) is 13.2 Å². The van der Waals surface area contributed by atoms with Gasteiger partial charge in [0.2, 0.25) is 0 Å². The molecule has 0 saturated heterocycles. The molecule has 2 rings (SSSR count). The molecule has 6 heteroatoms. The summed E-state index contributed by atoms with van der Waals surface area (Å²) in [5, 5.41) is 0. The molecule has 0 radical (unpaired) electrons. The number of carbonyl (C=O) groups excluding carboxylic acids is 1. The highest BCUT2D eigenvalue weighted by molar-refractivity contribution is 7.85. The van der Waals surface area contributed by atoms with E-state index in [0.29, 0.717) is 11.1 Å². The van der Waals surface area contributed by atoms with Crippen LogP contribution in [0.5, 0.6) is 0 Å². The highest BCUT2D eigenvalue weighted by Crippen LogP contribution is 2.13. The molecule has 2 aromatic carbocycles. The predicted molar refractivity (Wildman–Crippen MR) is 84.4 cm³/mol. The summed E-state index contributed by atoms with van der Waals surface area (Å²) >= 11 is 0. The number of benzene rings is 2. The number of hydrogen-bond acceptors (Lipinski definition) is 4. The lowest BCUT2D eigenvalue weighted by molar-refractivity contribution is 0.103. The highest BCUT2D eigenvalue weighted by Gasteiger charge is 2.14. The summed E-state index contributed by atoms with van der Waals surface area (Å²) in [4.78, 5) is 12.3. The van der Waals surface area contributed by atoms with E-state index in [-0.39, 0.29) is 12.2 Å². The monoisotopic (exact) mass is 319 g/mol. The Morgan fingerprint density at radius 2 is 1.68 bits per heavy atom. The van der Waals surface area contributed by atoms with Crippen LogP contribution >= 0.6 is 0 Å². The first-order chi connectivity index (χ1) is 10.3. The van der Waals surface area contributed by atoms with E-state index in [1.165, 1.54) is 0 Å². The van der Waals surface area contributed by atoms with Gasteiger partial charge in [-0.25, -0.2) is 0 Å². The number of carbonyl (C=O) groups is 1. The quantitative estimate of drug-likeness (QED) is 0.623. The number of ketones is 1. The van der Waals surface area contributed by atoms with Crippen LogP contribution in [0.4, 0.5) is 0 Å². The summed E-state index contributed by atoms with van der Waals surface area (Å²) in [6.07, 6.45) is 0.260. The standard InChI is InChI=1S/C16H17NO4S/c17-15(11-22(19,20)21)10-12-5-4-8-14(9-12)16(18)13-6-2-1-3-7-13/h1-9,15H,10-11,17H2,(H,19,20,21)/t15-/m0/s1. The van der Waals surface area contributed by atoms with Gasteiger partial charge in [-0.05, 0) is 18.1 Å². The molecule has 0 bridgehead atoms. The Labute approximate surface area is 129 Å². The Hall–Kier alpha value is -2.02. The lowest BCUT2D eigenvalue weighted by Crippen LogP contribution is -2.31. The first-order valence-corrected chi connectivity index (χ1v) is 8.35. The molecule has 0 amide bonds. The third-order valence-corrected chi connectivity index (χ3v) is 4.00. The maximum atomic E-state index is 12.3. The summed E-state index contributed by atoms with van der Waals surface area (Å²) in [7, 11) is -4.10. The van der Waals surface area contributed by atoms with E-state index in [0.717, 1.165) is 5.56 Å². The van der Waals surface area contributed by atoms with Crippen molar-refractivity contribution in [3.63, 3.8) is 0 Å². The maximum absolute atomic E-state index is 12.3. The van der Waals surface area contributed by atoms with Crippen molar-refractivity contribution >= 4 is 15.9 Å².